The number of rotatable bonds is 5. The summed E-state index contributed by atoms with van der Waals surface area (Å²) in [5, 5.41) is 3.51. The zero-order valence-electron chi connectivity index (χ0n) is 10.7. The van der Waals surface area contributed by atoms with Crippen molar-refractivity contribution in [3.63, 3.8) is 0 Å². The van der Waals surface area contributed by atoms with Crippen LogP contribution in [-0.2, 0) is 0 Å². The quantitative estimate of drug-likeness (QED) is 0.768. The van der Waals surface area contributed by atoms with E-state index in [0.717, 1.165) is 30.9 Å². The summed E-state index contributed by atoms with van der Waals surface area (Å²) in [7, 11) is 0. The van der Waals surface area contributed by atoms with E-state index in [1.54, 1.807) is 0 Å². The Balaban J connectivity index is 2.80. The largest absolute Gasteiger partial charge is 0.466 e. The second-order valence-corrected chi connectivity index (χ2v) is 4.01. The maximum atomic E-state index is 5.57. The van der Waals surface area contributed by atoms with E-state index in [4.69, 9.17) is 4.42 Å². The molecule has 2 nitrogen and oxygen atoms in total. The number of hydrogen-bond donors (Lipinski definition) is 1. The van der Waals surface area contributed by atoms with Gasteiger partial charge in [0.05, 0.1) is 0 Å². The highest BCUT2D eigenvalue weighted by Crippen LogP contribution is 2.23. The van der Waals surface area contributed by atoms with Gasteiger partial charge in [-0.3, -0.25) is 0 Å². The van der Waals surface area contributed by atoms with Crippen LogP contribution in [0.15, 0.2) is 10.5 Å². The third-order valence-electron chi connectivity index (χ3n) is 2.58. The van der Waals surface area contributed by atoms with Gasteiger partial charge in [-0.1, -0.05) is 6.92 Å². The van der Waals surface area contributed by atoms with Crippen LogP contribution in [0.5, 0.6) is 0 Å². The maximum absolute atomic E-state index is 5.57. The molecule has 0 spiro atoms. The topological polar surface area (TPSA) is 25.2 Å². The first-order chi connectivity index (χ1) is 7.69. The summed E-state index contributed by atoms with van der Waals surface area (Å²) in [5.74, 6) is 8.06. The van der Waals surface area contributed by atoms with Gasteiger partial charge in [-0.25, -0.2) is 0 Å². The normalized spacial score (nSPS) is 12.0. The predicted octanol–water partition coefficient (Wildman–Crippen LogP) is 3.35. The van der Waals surface area contributed by atoms with E-state index in [0.29, 0.717) is 6.04 Å². The first-order valence-electron chi connectivity index (χ1n) is 5.89. The molecule has 1 atom stereocenters. The molecule has 0 saturated heterocycles. The van der Waals surface area contributed by atoms with Gasteiger partial charge in [0.2, 0.25) is 0 Å². The van der Waals surface area contributed by atoms with Crippen LogP contribution in [0, 0.1) is 25.7 Å². The van der Waals surface area contributed by atoms with Gasteiger partial charge in [-0.05, 0) is 39.8 Å². The Hall–Kier alpha value is -1.20. The summed E-state index contributed by atoms with van der Waals surface area (Å²) in [4.78, 5) is 0. The van der Waals surface area contributed by atoms with Crippen molar-refractivity contribution < 1.29 is 4.42 Å². The number of nitrogens with one attached hydrogen (secondary N) is 1. The van der Waals surface area contributed by atoms with E-state index in [2.05, 4.69) is 30.1 Å². The molecule has 1 aromatic heterocycles. The van der Waals surface area contributed by atoms with Crippen molar-refractivity contribution in [2.75, 3.05) is 6.54 Å². The van der Waals surface area contributed by atoms with Crippen LogP contribution in [0.4, 0.5) is 0 Å². The summed E-state index contributed by atoms with van der Waals surface area (Å²) >= 11 is 0. The van der Waals surface area contributed by atoms with E-state index in [9.17, 15) is 0 Å². The lowest BCUT2D eigenvalue weighted by Crippen LogP contribution is -2.21. The Bertz CT molecular complexity index is 381. The minimum atomic E-state index is 0.296. The molecular formula is C14H21NO. The third kappa shape index (κ3) is 3.43. The molecular weight excluding hydrogens is 198 g/mol. The summed E-state index contributed by atoms with van der Waals surface area (Å²) in [5.41, 5.74) is 1.24. The van der Waals surface area contributed by atoms with Gasteiger partial charge in [0.25, 0.3) is 0 Å². The van der Waals surface area contributed by atoms with E-state index < -0.39 is 0 Å². The van der Waals surface area contributed by atoms with E-state index in [1.165, 1.54) is 5.56 Å². The maximum Gasteiger partial charge on any atom is 0.105 e. The van der Waals surface area contributed by atoms with Crippen molar-refractivity contribution in [3.8, 4) is 11.8 Å². The van der Waals surface area contributed by atoms with Crippen LogP contribution in [0.25, 0.3) is 0 Å². The molecule has 0 radical (unpaired) electrons. The van der Waals surface area contributed by atoms with Gasteiger partial charge in [-0.15, -0.1) is 11.8 Å². The lowest BCUT2D eigenvalue weighted by molar-refractivity contribution is 0.484. The second-order valence-electron chi connectivity index (χ2n) is 4.01. The summed E-state index contributed by atoms with van der Waals surface area (Å²) in [6, 6.07) is 2.41. The van der Waals surface area contributed by atoms with E-state index >= 15 is 0 Å². The fourth-order valence-electron chi connectivity index (χ4n) is 1.81. The molecule has 0 saturated carbocycles. The molecule has 1 unspecified atom stereocenters. The highest BCUT2D eigenvalue weighted by molar-refractivity contribution is 5.25. The molecule has 0 amide bonds. The first-order valence-corrected chi connectivity index (χ1v) is 5.89. The van der Waals surface area contributed by atoms with Gasteiger partial charge in [0.1, 0.15) is 11.5 Å². The number of aryl methyl sites for hydroxylation is 2. The van der Waals surface area contributed by atoms with Crippen molar-refractivity contribution in [1.82, 2.24) is 5.32 Å². The molecule has 1 heterocycles. The van der Waals surface area contributed by atoms with Crippen LogP contribution in [0.3, 0.4) is 0 Å². The predicted molar refractivity (Wildman–Crippen MR) is 67.3 cm³/mol. The fourth-order valence-corrected chi connectivity index (χ4v) is 1.81. The van der Waals surface area contributed by atoms with Crippen molar-refractivity contribution >= 4 is 0 Å². The van der Waals surface area contributed by atoms with Gasteiger partial charge >= 0.3 is 0 Å². The molecule has 1 rings (SSSR count). The molecule has 0 aliphatic carbocycles. The van der Waals surface area contributed by atoms with Crippen LogP contribution < -0.4 is 5.32 Å². The van der Waals surface area contributed by atoms with Crippen LogP contribution in [0.2, 0.25) is 0 Å². The van der Waals surface area contributed by atoms with Crippen molar-refractivity contribution in [2.45, 2.75) is 46.6 Å². The Morgan fingerprint density at radius 3 is 2.69 bits per heavy atom. The zero-order valence-corrected chi connectivity index (χ0v) is 10.7. The highest BCUT2D eigenvalue weighted by atomic mass is 16.3. The molecule has 88 valence electrons. The Labute approximate surface area is 98.4 Å². The molecule has 2 heteroatoms. The third-order valence-corrected chi connectivity index (χ3v) is 2.58. The average Bonchev–Trinajstić information content (AvgIpc) is 2.58. The Kier molecular flexibility index (Phi) is 5.14. The first kappa shape index (κ1) is 12.9. The van der Waals surface area contributed by atoms with Crippen LogP contribution >= 0.6 is 0 Å². The van der Waals surface area contributed by atoms with Gasteiger partial charge in [0, 0.05) is 18.0 Å². The fraction of sp³-hybridized carbons (Fsp3) is 0.571. The number of hydrogen-bond acceptors (Lipinski definition) is 2. The monoisotopic (exact) mass is 219 g/mol. The lowest BCUT2D eigenvalue weighted by atomic mass is 10.0. The summed E-state index contributed by atoms with van der Waals surface area (Å²) in [6.07, 6.45) is 1.97. The molecule has 0 aliphatic rings. The molecule has 16 heavy (non-hydrogen) atoms. The highest BCUT2D eigenvalue weighted by Gasteiger charge is 2.15. The molecule has 1 N–H and O–H groups in total. The SMILES string of the molecule is CC#CCC(NCCC)c1cc(C)oc1C. The smallest absolute Gasteiger partial charge is 0.105 e. The van der Waals surface area contributed by atoms with Crippen molar-refractivity contribution in [1.29, 1.82) is 0 Å². The lowest BCUT2D eigenvalue weighted by Gasteiger charge is -2.15. The van der Waals surface area contributed by atoms with Gasteiger partial charge in [0.15, 0.2) is 0 Å². The summed E-state index contributed by atoms with van der Waals surface area (Å²) < 4.78 is 5.57. The molecule has 0 aromatic carbocycles. The molecule has 1 aromatic rings. The van der Waals surface area contributed by atoms with Crippen LogP contribution in [0.1, 0.15) is 49.8 Å². The molecule has 0 bridgehead atoms. The van der Waals surface area contributed by atoms with E-state index in [1.807, 2.05) is 20.8 Å². The standard InChI is InChI=1S/C14H21NO/c1-5-7-8-14(15-9-6-2)13-10-11(3)16-12(13)4/h10,14-15H,6,8-9H2,1-4H3. The summed E-state index contributed by atoms with van der Waals surface area (Å²) in [6.45, 7) is 9.06. The minimum absolute atomic E-state index is 0.296. The average molecular weight is 219 g/mol. The van der Waals surface area contributed by atoms with Gasteiger partial charge < -0.3 is 9.73 Å². The van der Waals surface area contributed by atoms with Gasteiger partial charge in [-0.2, -0.15) is 0 Å². The van der Waals surface area contributed by atoms with Crippen molar-refractivity contribution in [3.05, 3.63) is 23.2 Å². The minimum Gasteiger partial charge on any atom is -0.466 e. The second kappa shape index (κ2) is 6.40. The van der Waals surface area contributed by atoms with E-state index in [-0.39, 0.29) is 0 Å². The Morgan fingerprint density at radius 1 is 1.44 bits per heavy atom. The molecule has 0 fully saturated rings. The number of furan rings is 1. The van der Waals surface area contributed by atoms with Crippen LogP contribution in [-0.4, -0.2) is 6.54 Å². The zero-order chi connectivity index (χ0) is 12.0. The molecule has 0 aliphatic heterocycles. The van der Waals surface area contributed by atoms with Crippen molar-refractivity contribution in [2.24, 2.45) is 0 Å². The Morgan fingerprint density at radius 2 is 2.19 bits per heavy atom.